The number of nitrogens with one attached hydrogen (secondary N) is 1. The van der Waals surface area contributed by atoms with Crippen LogP contribution in [0.25, 0.3) is 0 Å². The molecule has 2 atom stereocenters. The third-order valence-corrected chi connectivity index (χ3v) is 4.05. The minimum atomic E-state index is 0.561. The summed E-state index contributed by atoms with van der Waals surface area (Å²) in [6.45, 7) is 9.56. The highest BCUT2D eigenvalue weighted by atomic mass is 15.0. The van der Waals surface area contributed by atoms with Crippen molar-refractivity contribution in [1.82, 2.24) is 9.97 Å². The highest BCUT2D eigenvalue weighted by Gasteiger charge is 2.23. The zero-order valence-corrected chi connectivity index (χ0v) is 12.1. The van der Waals surface area contributed by atoms with Gasteiger partial charge in [0.05, 0.1) is 0 Å². The van der Waals surface area contributed by atoms with Gasteiger partial charge >= 0.3 is 0 Å². The van der Waals surface area contributed by atoms with Gasteiger partial charge in [-0.05, 0) is 39.5 Å². The van der Waals surface area contributed by atoms with Crippen LogP contribution in [0.4, 0.5) is 5.82 Å². The quantitative estimate of drug-likeness (QED) is 0.882. The number of nitrogens with zero attached hydrogens (tertiary/aromatic N) is 2. The molecule has 0 radical (unpaired) electrons. The predicted molar refractivity (Wildman–Crippen MR) is 76.0 cm³/mol. The largest absolute Gasteiger partial charge is 0.370 e. The summed E-state index contributed by atoms with van der Waals surface area (Å²) < 4.78 is 0. The number of aromatic nitrogens is 2. The highest BCUT2D eigenvalue weighted by Crippen LogP contribution is 2.35. The third kappa shape index (κ3) is 2.82. The Morgan fingerprint density at radius 2 is 2.00 bits per heavy atom. The van der Waals surface area contributed by atoms with Gasteiger partial charge in [0.15, 0.2) is 0 Å². The molecule has 1 aromatic heterocycles. The molecule has 1 aliphatic carbocycles. The molecule has 18 heavy (non-hydrogen) atoms. The molecule has 0 saturated heterocycles. The van der Waals surface area contributed by atoms with Crippen LogP contribution in [0.3, 0.4) is 0 Å². The van der Waals surface area contributed by atoms with Crippen LogP contribution in [-0.4, -0.2) is 16.5 Å². The molecule has 1 N–H and O–H groups in total. The molecular weight excluding hydrogens is 222 g/mol. The Balaban J connectivity index is 2.27. The molecule has 2 rings (SSSR count). The first-order chi connectivity index (χ1) is 8.61. The van der Waals surface area contributed by atoms with Crippen LogP contribution in [0.1, 0.15) is 62.5 Å². The Morgan fingerprint density at radius 1 is 1.22 bits per heavy atom. The first kappa shape index (κ1) is 13.3. The monoisotopic (exact) mass is 247 g/mol. The molecule has 0 amide bonds. The zero-order chi connectivity index (χ0) is 13.1. The Bertz CT molecular complexity index is 414. The van der Waals surface area contributed by atoms with E-state index in [2.05, 4.69) is 33.0 Å². The van der Waals surface area contributed by atoms with Crippen molar-refractivity contribution >= 4 is 5.82 Å². The summed E-state index contributed by atoms with van der Waals surface area (Å²) in [7, 11) is 0. The molecule has 0 spiro atoms. The second kappa shape index (κ2) is 5.68. The fourth-order valence-corrected chi connectivity index (χ4v) is 2.84. The minimum Gasteiger partial charge on any atom is -0.370 e. The van der Waals surface area contributed by atoms with E-state index in [1.54, 1.807) is 0 Å². The highest BCUT2D eigenvalue weighted by molar-refractivity contribution is 5.45. The van der Waals surface area contributed by atoms with Gasteiger partial charge in [-0.2, -0.15) is 0 Å². The molecule has 3 heteroatoms. The molecule has 2 unspecified atom stereocenters. The molecule has 100 valence electrons. The summed E-state index contributed by atoms with van der Waals surface area (Å²) in [5.41, 5.74) is 2.30. The molecule has 1 fully saturated rings. The van der Waals surface area contributed by atoms with E-state index in [-0.39, 0.29) is 0 Å². The van der Waals surface area contributed by atoms with E-state index in [9.17, 15) is 0 Å². The summed E-state index contributed by atoms with van der Waals surface area (Å²) >= 11 is 0. The Hall–Kier alpha value is -1.12. The number of aryl methyl sites for hydroxylation is 1. The maximum absolute atomic E-state index is 4.76. The Labute approximate surface area is 110 Å². The van der Waals surface area contributed by atoms with Gasteiger partial charge in [0, 0.05) is 23.7 Å². The fraction of sp³-hybridized carbons (Fsp3) is 0.733. The topological polar surface area (TPSA) is 37.8 Å². The predicted octanol–water partition coefficient (Wildman–Crippen LogP) is 3.82. The smallest absolute Gasteiger partial charge is 0.134 e. The number of hydrogen-bond donors (Lipinski definition) is 1. The maximum atomic E-state index is 4.76. The van der Waals surface area contributed by atoms with E-state index in [1.165, 1.54) is 31.2 Å². The average molecular weight is 247 g/mol. The van der Waals surface area contributed by atoms with Gasteiger partial charge in [0.25, 0.3) is 0 Å². The number of hydrogen-bond acceptors (Lipinski definition) is 3. The second-order valence-electron chi connectivity index (χ2n) is 5.64. The number of anilines is 1. The van der Waals surface area contributed by atoms with Gasteiger partial charge in [-0.3, -0.25) is 0 Å². The summed E-state index contributed by atoms with van der Waals surface area (Å²) in [6.07, 6.45) is 5.17. The third-order valence-electron chi connectivity index (χ3n) is 4.05. The van der Waals surface area contributed by atoms with E-state index in [0.29, 0.717) is 5.92 Å². The normalized spacial score (nSPS) is 24.0. The molecule has 1 heterocycles. The van der Waals surface area contributed by atoms with Crippen molar-refractivity contribution in [3.05, 3.63) is 17.1 Å². The number of rotatable bonds is 3. The van der Waals surface area contributed by atoms with Gasteiger partial charge in [-0.1, -0.05) is 19.8 Å². The van der Waals surface area contributed by atoms with Gasteiger partial charge in [-0.15, -0.1) is 0 Å². The summed E-state index contributed by atoms with van der Waals surface area (Å²) in [5.74, 6) is 3.46. The molecule has 0 aliphatic heterocycles. The lowest BCUT2D eigenvalue weighted by Gasteiger charge is -2.26. The van der Waals surface area contributed by atoms with Crippen LogP contribution in [0.5, 0.6) is 0 Å². The Kier molecular flexibility index (Phi) is 4.20. The molecule has 1 aliphatic rings. The van der Waals surface area contributed by atoms with E-state index >= 15 is 0 Å². The van der Waals surface area contributed by atoms with Crippen molar-refractivity contribution in [3.8, 4) is 0 Å². The van der Waals surface area contributed by atoms with Crippen LogP contribution >= 0.6 is 0 Å². The van der Waals surface area contributed by atoms with E-state index in [0.717, 1.165) is 29.8 Å². The van der Waals surface area contributed by atoms with Gasteiger partial charge in [0.1, 0.15) is 11.6 Å². The first-order valence-electron chi connectivity index (χ1n) is 7.20. The van der Waals surface area contributed by atoms with Crippen molar-refractivity contribution < 1.29 is 0 Å². The second-order valence-corrected chi connectivity index (χ2v) is 5.64. The molecule has 1 aromatic rings. The standard InChI is InChI=1S/C15H25N3/c1-5-16-14-11(3)12(4)17-15(18-14)13-8-6-7-10(2)9-13/h10,13H,5-9H2,1-4H3,(H,16,17,18). The maximum Gasteiger partial charge on any atom is 0.134 e. The molecule has 3 nitrogen and oxygen atoms in total. The first-order valence-corrected chi connectivity index (χ1v) is 7.20. The van der Waals surface area contributed by atoms with Crippen LogP contribution < -0.4 is 5.32 Å². The van der Waals surface area contributed by atoms with E-state index < -0.39 is 0 Å². The lowest BCUT2D eigenvalue weighted by atomic mass is 9.82. The molecule has 0 bridgehead atoms. The van der Waals surface area contributed by atoms with Gasteiger partial charge < -0.3 is 5.32 Å². The van der Waals surface area contributed by atoms with Crippen molar-refractivity contribution in [3.63, 3.8) is 0 Å². The molecule has 1 saturated carbocycles. The van der Waals surface area contributed by atoms with E-state index in [4.69, 9.17) is 9.97 Å². The molecular formula is C15H25N3. The van der Waals surface area contributed by atoms with Crippen LogP contribution in [0.2, 0.25) is 0 Å². The van der Waals surface area contributed by atoms with Crippen molar-refractivity contribution in [2.24, 2.45) is 5.92 Å². The van der Waals surface area contributed by atoms with Crippen molar-refractivity contribution in [1.29, 1.82) is 0 Å². The van der Waals surface area contributed by atoms with Crippen LogP contribution in [0.15, 0.2) is 0 Å². The lowest BCUT2D eigenvalue weighted by molar-refractivity contribution is 0.335. The van der Waals surface area contributed by atoms with Crippen LogP contribution in [0, 0.1) is 19.8 Å². The SMILES string of the molecule is CCNc1nc(C2CCCC(C)C2)nc(C)c1C. The van der Waals surface area contributed by atoms with Crippen LogP contribution in [-0.2, 0) is 0 Å². The summed E-state index contributed by atoms with van der Waals surface area (Å²) in [5, 5.41) is 3.36. The zero-order valence-electron chi connectivity index (χ0n) is 12.1. The fourth-order valence-electron chi connectivity index (χ4n) is 2.84. The van der Waals surface area contributed by atoms with E-state index in [1.807, 2.05) is 0 Å². The minimum absolute atomic E-state index is 0.561. The van der Waals surface area contributed by atoms with Crippen molar-refractivity contribution in [2.45, 2.75) is 59.3 Å². The lowest BCUT2D eigenvalue weighted by Crippen LogP contribution is -2.16. The summed E-state index contributed by atoms with van der Waals surface area (Å²) in [4.78, 5) is 9.48. The average Bonchev–Trinajstić information content (AvgIpc) is 2.35. The Morgan fingerprint density at radius 3 is 2.67 bits per heavy atom. The van der Waals surface area contributed by atoms with Crippen molar-refractivity contribution in [2.75, 3.05) is 11.9 Å². The van der Waals surface area contributed by atoms with Gasteiger partial charge in [0.2, 0.25) is 0 Å². The summed E-state index contributed by atoms with van der Waals surface area (Å²) in [6, 6.07) is 0. The van der Waals surface area contributed by atoms with Gasteiger partial charge in [-0.25, -0.2) is 9.97 Å². The molecule has 0 aromatic carbocycles.